The topological polar surface area (TPSA) is 44.4 Å². The van der Waals surface area contributed by atoms with Crippen LogP contribution in [0.25, 0.3) is 0 Å². The van der Waals surface area contributed by atoms with Crippen LogP contribution in [0.5, 0.6) is 0 Å². The minimum Gasteiger partial charge on any atom is -0.358 e. The molecule has 0 spiro atoms. The van der Waals surface area contributed by atoms with Crippen molar-refractivity contribution in [2.45, 2.75) is 25.4 Å². The fourth-order valence-electron chi connectivity index (χ4n) is 2.97. The summed E-state index contributed by atoms with van der Waals surface area (Å²) < 4.78 is 0. The van der Waals surface area contributed by atoms with Crippen molar-refractivity contribution in [3.8, 4) is 0 Å². The van der Waals surface area contributed by atoms with Crippen molar-refractivity contribution >= 4 is 23.2 Å². The summed E-state index contributed by atoms with van der Waals surface area (Å²) in [5, 5.41) is 7.23. The molecule has 0 bridgehead atoms. The van der Waals surface area contributed by atoms with Crippen molar-refractivity contribution in [2.75, 3.05) is 13.1 Å². The van der Waals surface area contributed by atoms with Crippen molar-refractivity contribution in [3.05, 3.63) is 71.8 Å². The lowest BCUT2D eigenvalue weighted by Crippen LogP contribution is -2.49. The smallest absolute Gasteiger partial charge is 0.251 e. The van der Waals surface area contributed by atoms with E-state index in [9.17, 15) is 4.79 Å². The Labute approximate surface area is 154 Å². The summed E-state index contributed by atoms with van der Waals surface area (Å²) >= 11 is 5.50. The van der Waals surface area contributed by atoms with Crippen molar-refractivity contribution < 1.29 is 4.79 Å². The summed E-state index contributed by atoms with van der Waals surface area (Å²) in [5.74, 6) is 0.00355. The van der Waals surface area contributed by atoms with Crippen molar-refractivity contribution in [3.63, 3.8) is 0 Å². The van der Waals surface area contributed by atoms with E-state index in [0.29, 0.717) is 5.56 Å². The van der Waals surface area contributed by atoms with Gasteiger partial charge in [-0.3, -0.25) is 4.79 Å². The Morgan fingerprint density at radius 3 is 2.24 bits per heavy atom. The zero-order valence-corrected chi connectivity index (χ0v) is 15.0. The third-order valence-corrected chi connectivity index (χ3v) is 4.84. The Hall–Kier alpha value is -2.40. The van der Waals surface area contributed by atoms with E-state index in [-0.39, 0.29) is 11.9 Å². The zero-order chi connectivity index (χ0) is 17.5. The molecule has 0 saturated carbocycles. The number of hydrogen-bond acceptors (Lipinski definition) is 2. The summed E-state index contributed by atoms with van der Waals surface area (Å²) in [4.78, 5) is 14.4. The summed E-state index contributed by atoms with van der Waals surface area (Å²) in [7, 11) is 0. The van der Waals surface area contributed by atoms with Gasteiger partial charge in [-0.1, -0.05) is 48.5 Å². The number of carbonyl (C=O) groups is 1. The first-order valence-electron chi connectivity index (χ1n) is 8.65. The van der Waals surface area contributed by atoms with Gasteiger partial charge in [0.15, 0.2) is 5.11 Å². The number of hydrogen-bond donors (Lipinski definition) is 2. The van der Waals surface area contributed by atoms with Crippen LogP contribution in [-0.2, 0) is 6.54 Å². The molecule has 5 heteroatoms. The molecule has 1 aliphatic heterocycles. The van der Waals surface area contributed by atoms with Gasteiger partial charge in [0.1, 0.15) is 0 Å². The molecule has 1 amide bonds. The van der Waals surface area contributed by atoms with Gasteiger partial charge in [-0.15, -0.1) is 0 Å². The van der Waals surface area contributed by atoms with Crippen molar-refractivity contribution in [1.82, 2.24) is 15.5 Å². The summed E-state index contributed by atoms with van der Waals surface area (Å²) in [5.41, 5.74) is 1.93. The van der Waals surface area contributed by atoms with Crippen LogP contribution in [-0.4, -0.2) is 35.1 Å². The number of likely N-dealkylation sites (tertiary alicyclic amines) is 1. The molecule has 0 radical (unpaired) electrons. The predicted octanol–water partition coefficient (Wildman–Crippen LogP) is 2.96. The van der Waals surface area contributed by atoms with Gasteiger partial charge in [-0.25, -0.2) is 0 Å². The maximum atomic E-state index is 12.2. The predicted molar refractivity (Wildman–Crippen MR) is 104 cm³/mol. The van der Waals surface area contributed by atoms with Gasteiger partial charge in [0, 0.05) is 31.2 Å². The SMILES string of the molecule is O=C(NC1CCN(C(=S)NCc2ccccc2)CC1)c1ccccc1. The highest BCUT2D eigenvalue weighted by molar-refractivity contribution is 7.80. The van der Waals surface area contributed by atoms with Crippen LogP contribution in [0.3, 0.4) is 0 Å². The Morgan fingerprint density at radius 2 is 1.60 bits per heavy atom. The van der Waals surface area contributed by atoms with Crippen LogP contribution >= 0.6 is 12.2 Å². The van der Waals surface area contributed by atoms with E-state index in [2.05, 4.69) is 27.7 Å². The molecule has 25 heavy (non-hydrogen) atoms. The van der Waals surface area contributed by atoms with E-state index >= 15 is 0 Å². The first kappa shape index (κ1) is 17.4. The number of piperidine rings is 1. The number of nitrogens with zero attached hydrogens (tertiary/aromatic N) is 1. The largest absolute Gasteiger partial charge is 0.358 e. The second-order valence-corrected chi connectivity index (χ2v) is 6.63. The molecule has 0 atom stereocenters. The molecular weight excluding hydrogens is 330 g/mol. The quantitative estimate of drug-likeness (QED) is 0.830. The fraction of sp³-hybridized carbons (Fsp3) is 0.300. The third-order valence-electron chi connectivity index (χ3n) is 4.44. The summed E-state index contributed by atoms with van der Waals surface area (Å²) in [6, 6.07) is 19.8. The fourth-order valence-corrected chi connectivity index (χ4v) is 3.23. The maximum Gasteiger partial charge on any atom is 0.251 e. The van der Waals surface area contributed by atoms with Crippen molar-refractivity contribution in [2.24, 2.45) is 0 Å². The van der Waals surface area contributed by atoms with Gasteiger partial charge in [0.25, 0.3) is 5.91 Å². The molecule has 2 aromatic rings. The van der Waals surface area contributed by atoms with Crippen LogP contribution in [0.15, 0.2) is 60.7 Å². The lowest BCUT2D eigenvalue weighted by Gasteiger charge is -2.34. The molecule has 0 aliphatic carbocycles. The Bertz CT molecular complexity index is 697. The summed E-state index contributed by atoms with van der Waals surface area (Å²) in [6.07, 6.45) is 1.82. The van der Waals surface area contributed by atoms with Crippen LogP contribution in [0.4, 0.5) is 0 Å². The molecule has 0 aromatic heterocycles. The second kappa shape index (κ2) is 8.62. The van der Waals surface area contributed by atoms with Gasteiger partial charge in [-0.2, -0.15) is 0 Å². The van der Waals surface area contributed by atoms with Crippen LogP contribution in [0.1, 0.15) is 28.8 Å². The highest BCUT2D eigenvalue weighted by atomic mass is 32.1. The third kappa shape index (κ3) is 5.03. The minimum absolute atomic E-state index is 0.00355. The molecule has 1 heterocycles. The Morgan fingerprint density at radius 1 is 1.00 bits per heavy atom. The van der Waals surface area contributed by atoms with Gasteiger partial charge in [0.2, 0.25) is 0 Å². The van der Waals surface area contributed by atoms with Crippen LogP contribution in [0.2, 0.25) is 0 Å². The van der Waals surface area contributed by atoms with E-state index in [1.165, 1.54) is 5.56 Å². The average Bonchev–Trinajstić information content (AvgIpc) is 2.68. The standard InChI is InChI=1S/C20H23N3OS/c24-19(17-9-5-2-6-10-17)22-18-11-13-23(14-12-18)20(25)21-15-16-7-3-1-4-8-16/h1-10,18H,11-15H2,(H,21,25)(H,22,24). The zero-order valence-electron chi connectivity index (χ0n) is 14.2. The van der Waals surface area contributed by atoms with Crippen LogP contribution < -0.4 is 10.6 Å². The molecule has 0 unspecified atom stereocenters. The molecule has 4 nitrogen and oxygen atoms in total. The van der Waals surface area contributed by atoms with Gasteiger partial charge >= 0.3 is 0 Å². The second-order valence-electron chi connectivity index (χ2n) is 6.25. The molecule has 1 fully saturated rings. The molecule has 1 saturated heterocycles. The average molecular weight is 353 g/mol. The molecule has 1 aliphatic rings. The Kier molecular flexibility index (Phi) is 6.01. The lowest BCUT2D eigenvalue weighted by molar-refractivity contribution is 0.0922. The van der Waals surface area contributed by atoms with E-state index < -0.39 is 0 Å². The first-order chi connectivity index (χ1) is 12.2. The number of nitrogens with one attached hydrogen (secondary N) is 2. The number of rotatable bonds is 4. The normalized spacial score (nSPS) is 14.8. The number of amides is 1. The number of carbonyl (C=O) groups excluding carboxylic acids is 1. The summed E-state index contributed by atoms with van der Waals surface area (Å²) in [6.45, 7) is 2.46. The van der Waals surface area contributed by atoms with Crippen molar-refractivity contribution in [1.29, 1.82) is 0 Å². The van der Waals surface area contributed by atoms with E-state index in [4.69, 9.17) is 12.2 Å². The minimum atomic E-state index is 0.00355. The molecular formula is C20H23N3OS. The highest BCUT2D eigenvalue weighted by Crippen LogP contribution is 2.12. The molecule has 2 aromatic carbocycles. The molecule has 3 rings (SSSR count). The Balaban J connectivity index is 1.42. The van der Waals surface area contributed by atoms with E-state index in [0.717, 1.165) is 37.6 Å². The molecule has 130 valence electrons. The van der Waals surface area contributed by atoms with E-state index in [1.54, 1.807) is 0 Å². The van der Waals surface area contributed by atoms with Crippen LogP contribution in [0, 0.1) is 0 Å². The highest BCUT2D eigenvalue weighted by Gasteiger charge is 2.22. The monoisotopic (exact) mass is 353 g/mol. The van der Waals surface area contributed by atoms with Gasteiger partial charge < -0.3 is 15.5 Å². The van der Waals surface area contributed by atoms with Gasteiger partial charge in [0.05, 0.1) is 0 Å². The lowest BCUT2D eigenvalue weighted by atomic mass is 10.0. The first-order valence-corrected chi connectivity index (χ1v) is 9.06. The molecule has 2 N–H and O–H groups in total. The number of thiocarbonyl (C=S) groups is 1. The maximum absolute atomic E-state index is 12.2. The van der Waals surface area contributed by atoms with Gasteiger partial charge in [-0.05, 0) is 42.8 Å². The van der Waals surface area contributed by atoms with E-state index in [1.807, 2.05) is 48.5 Å². The number of benzene rings is 2.